The van der Waals surface area contributed by atoms with Gasteiger partial charge in [-0.2, -0.15) is 0 Å². The zero-order valence-electron chi connectivity index (χ0n) is 16.8. The van der Waals surface area contributed by atoms with Crippen LogP contribution in [0.1, 0.15) is 34.0 Å². The number of amides is 1. The highest BCUT2D eigenvalue weighted by Gasteiger charge is 2.11. The topological polar surface area (TPSA) is 114 Å². The predicted octanol–water partition coefficient (Wildman–Crippen LogP) is 2.34. The van der Waals surface area contributed by atoms with Crippen LogP contribution in [-0.2, 0) is 28.7 Å². The molecule has 0 aliphatic carbocycles. The van der Waals surface area contributed by atoms with Crippen LogP contribution in [0.15, 0.2) is 47.5 Å². The fraction of sp³-hybridized carbons (Fsp3) is 0.300. The molecule has 30 heavy (non-hydrogen) atoms. The van der Waals surface area contributed by atoms with E-state index in [1.807, 2.05) is 13.0 Å². The summed E-state index contributed by atoms with van der Waals surface area (Å²) in [5.41, 5.74) is 7.58. The number of aliphatic imine (C=N–C) groups is 1. The van der Waals surface area contributed by atoms with E-state index in [1.165, 1.54) is 18.2 Å². The number of halogens is 2. The quantitative estimate of drug-likeness (QED) is 0.266. The number of primary amides is 1. The lowest BCUT2D eigenvalue weighted by molar-refractivity contribution is 0.1000. The van der Waals surface area contributed by atoms with Crippen molar-refractivity contribution in [2.75, 3.05) is 12.8 Å². The van der Waals surface area contributed by atoms with Crippen LogP contribution in [-0.4, -0.2) is 33.1 Å². The van der Waals surface area contributed by atoms with Crippen molar-refractivity contribution in [3.63, 3.8) is 0 Å². The number of hydrogen-bond acceptors (Lipinski definition) is 4. The molecule has 0 bridgehead atoms. The van der Waals surface area contributed by atoms with Crippen LogP contribution < -0.4 is 16.4 Å². The molecule has 0 saturated carbocycles. The third-order valence-corrected chi connectivity index (χ3v) is 4.84. The number of benzene rings is 2. The Labute approximate surface area is 193 Å². The number of sulfone groups is 1. The molecule has 4 N–H and O–H groups in total. The van der Waals surface area contributed by atoms with Crippen LogP contribution in [0.2, 0.25) is 0 Å². The Morgan fingerprint density at radius 3 is 2.50 bits per heavy atom. The number of rotatable bonds is 8. The minimum atomic E-state index is -3.25. The van der Waals surface area contributed by atoms with E-state index in [9.17, 15) is 17.6 Å². The van der Waals surface area contributed by atoms with Gasteiger partial charge >= 0.3 is 0 Å². The average molecular weight is 548 g/mol. The van der Waals surface area contributed by atoms with Crippen LogP contribution in [0.25, 0.3) is 0 Å². The Kier molecular flexibility index (Phi) is 10.2. The molecule has 1 amide bonds. The maximum Gasteiger partial charge on any atom is 0.248 e. The van der Waals surface area contributed by atoms with Crippen molar-refractivity contribution in [2.45, 2.75) is 25.8 Å². The second-order valence-corrected chi connectivity index (χ2v) is 8.74. The summed E-state index contributed by atoms with van der Waals surface area (Å²) in [6, 6.07) is 10.9. The Hall–Kier alpha value is -2.21. The summed E-state index contributed by atoms with van der Waals surface area (Å²) in [5, 5.41) is 6.16. The summed E-state index contributed by atoms with van der Waals surface area (Å²) in [6.07, 6.45) is 1.14. The second-order valence-electron chi connectivity index (χ2n) is 6.60. The molecule has 2 rings (SSSR count). The van der Waals surface area contributed by atoms with Crippen LogP contribution >= 0.6 is 24.0 Å². The average Bonchev–Trinajstić information content (AvgIpc) is 2.65. The third kappa shape index (κ3) is 8.66. The SMILES string of the molecule is CCNC(=NCc1cccc(C(N)=O)c1)NCc1cc(F)ccc1CS(C)(=O)=O.I. The van der Waals surface area contributed by atoms with Crippen molar-refractivity contribution in [3.05, 3.63) is 70.5 Å². The first kappa shape index (κ1) is 25.8. The highest BCUT2D eigenvalue weighted by molar-refractivity contribution is 14.0. The first-order valence-electron chi connectivity index (χ1n) is 9.04. The van der Waals surface area contributed by atoms with E-state index in [0.717, 1.165) is 11.8 Å². The molecule has 0 radical (unpaired) electrons. The molecule has 0 saturated heterocycles. The molecule has 0 fully saturated rings. The molecule has 2 aromatic carbocycles. The highest BCUT2D eigenvalue weighted by Crippen LogP contribution is 2.14. The minimum absolute atomic E-state index is 0. The predicted molar refractivity (Wildman–Crippen MR) is 127 cm³/mol. The molecule has 0 unspecified atom stereocenters. The molecule has 0 heterocycles. The van der Waals surface area contributed by atoms with Gasteiger partial charge in [-0.05, 0) is 47.9 Å². The Morgan fingerprint density at radius 1 is 1.13 bits per heavy atom. The summed E-state index contributed by atoms with van der Waals surface area (Å²) in [4.78, 5) is 15.8. The van der Waals surface area contributed by atoms with Gasteiger partial charge in [-0.15, -0.1) is 24.0 Å². The summed E-state index contributed by atoms with van der Waals surface area (Å²) in [7, 11) is -3.25. The van der Waals surface area contributed by atoms with Crippen molar-refractivity contribution >= 4 is 45.7 Å². The molecular weight excluding hydrogens is 522 g/mol. The number of guanidine groups is 1. The highest BCUT2D eigenvalue weighted by atomic mass is 127. The molecule has 164 valence electrons. The number of carbonyl (C=O) groups is 1. The Balaban J connectivity index is 0.00000450. The monoisotopic (exact) mass is 548 g/mol. The largest absolute Gasteiger partial charge is 0.366 e. The number of nitrogens with two attached hydrogens (primary N) is 1. The summed E-state index contributed by atoms with van der Waals surface area (Å²) >= 11 is 0. The molecular formula is C20H26FIN4O3S. The zero-order chi connectivity index (χ0) is 21.4. The van der Waals surface area contributed by atoms with E-state index in [-0.39, 0.29) is 36.3 Å². The molecule has 2 aromatic rings. The van der Waals surface area contributed by atoms with Gasteiger partial charge in [0.25, 0.3) is 0 Å². The van der Waals surface area contributed by atoms with E-state index in [2.05, 4.69) is 15.6 Å². The lowest BCUT2D eigenvalue weighted by atomic mass is 10.1. The molecule has 0 atom stereocenters. The Bertz CT molecular complexity index is 1010. The van der Waals surface area contributed by atoms with Crippen molar-refractivity contribution in [2.24, 2.45) is 10.7 Å². The smallest absolute Gasteiger partial charge is 0.248 e. The summed E-state index contributed by atoms with van der Waals surface area (Å²) < 4.78 is 36.9. The van der Waals surface area contributed by atoms with Crippen molar-refractivity contribution in [1.29, 1.82) is 0 Å². The lowest BCUT2D eigenvalue weighted by Gasteiger charge is -2.14. The van der Waals surface area contributed by atoms with Gasteiger partial charge in [0, 0.05) is 24.9 Å². The van der Waals surface area contributed by atoms with Gasteiger partial charge in [-0.25, -0.2) is 17.8 Å². The fourth-order valence-corrected chi connectivity index (χ4v) is 3.54. The van der Waals surface area contributed by atoms with E-state index < -0.39 is 21.6 Å². The maximum absolute atomic E-state index is 13.7. The van der Waals surface area contributed by atoms with Crippen molar-refractivity contribution in [1.82, 2.24) is 10.6 Å². The van der Waals surface area contributed by atoms with E-state index >= 15 is 0 Å². The van der Waals surface area contributed by atoms with Gasteiger partial charge in [0.15, 0.2) is 15.8 Å². The fourth-order valence-electron chi connectivity index (χ4n) is 2.70. The van der Waals surface area contributed by atoms with Gasteiger partial charge in [0.2, 0.25) is 5.91 Å². The van der Waals surface area contributed by atoms with Gasteiger partial charge in [-0.1, -0.05) is 18.2 Å². The van der Waals surface area contributed by atoms with Gasteiger partial charge in [0.05, 0.1) is 12.3 Å². The minimum Gasteiger partial charge on any atom is -0.366 e. The van der Waals surface area contributed by atoms with E-state index in [1.54, 1.807) is 18.2 Å². The molecule has 0 spiro atoms. The van der Waals surface area contributed by atoms with Gasteiger partial charge < -0.3 is 16.4 Å². The number of nitrogens with one attached hydrogen (secondary N) is 2. The third-order valence-electron chi connectivity index (χ3n) is 4.01. The summed E-state index contributed by atoms with van der Waals surface area (Å²) in [5.74, 6) is -0.640. The number of nitrogens with zero attached hydrogens (tertiary/aromatic N) is 1. The van der Waals surface area contributed by atoms with Crippen LogP contribution in [0, 0.1) is 5.82 Å². The standard InChI is InChI=1S/C20H25FN4O3S.HI/c1-3-23-20(24-11-14-5-4-6-15(9-14)19(22)26)25-12-17-10-18(21)8-7-16(17)13-29(2,27)28;/h4-10H,3,11-13H2,1-2H3,(H2,22,26)(H2,23,24,25);1H. The van der Waals surface area contributed by atoms with Crippen LogP contribution in [0.5, 0.6) is 0 Å². The van der Waals surface area contributed by atoms with Gasteiger partial charge in [-0.3, -0.25) is 4.79 Å². The lowest BCUT2D eigenvalue weighted by Crippen LogP contribution is -2.37. The van der Waals surface area contributed by atoms with Crippen molar-refractivity contribution < 1.29 is 17.6 Å². The molecule has 0 aliphatic heterocycles. The summed E-state index contributed by atoms with van der Waals surface area (Å²) in [6.45, 7) is 3.01. The second kappa shape index (κ2) is 11.8. The van der Waals surface area contributed by atoms with E-state index in [4.69, 9.17) is 5.73 Å². The number of carbonyl (C=O) groups excluding carboxylic acids is 1. The molecule has 10 heteroatoms. The molecule has 0 aromatic heterocycles. The Morgan fingerprint density at radius 2 is 1.87 bits per heavy atom. The normalized spacial score (nSPS) is 11.5. The first-order valence-corrected chi connectivity index (χ1v) is 11.1. The maximum atomic E-state index is 13.7. The zero-order valence-corrected chi connectivity index (χ0v) is 20.0. The van der Waals surface area contributed by atoms with Crippen LogP contribution in [0.3, 0.4) is 0 Å². The van der Waals surface area contributed by atoms with Crippen molar-refractivity contribution in [3.8, 4) is 0 Å². The first-order chi connectivity index (χ1) is 13.7. The van der Waals surface area contributed by atoms with Crippen LogP contribution in [0.4, 0.5) is 4.39 Å². The van der Waals surface area contributed by atoms with E-state index in [0.29, 0.717) is 35.7 Å². The van der Waals surface area contributed by atoms with Gasteiger partial charge in [0.1, 0.15) is 5.82 Å². The molecule has 0 aliphatic rings. The number of hydrogen-bond donors (Lipinski definition) is 3. The molecule has 7 nitrogen and oxygen atoms in total.